The molecule has 0 amide bonds. The second-order valence-electron chi connectivity index (χ2n) is 11.2. The summed E-state index contributed by atoms with van der Waals surface area (Å²) in [4.78, 5) is 0. The Balaban J connectivity index is 2.57. The first-order valence-electron chi connectivity index (χ1n) is 10.1. The molecule has 1 N–H and O–H groups in total. The summed E-state index contributed by atoms with van der Waals surface area (Å²) in [5.41, 5.74) is -0.538. The SMILES string of the molecule is CC(C)(C)[Si](C)(C)OC[C@H]1CC[C@](C)([C@H](O)CO[Si](C)(C)C(C)(C)C)O1. The number of ether oxygens (including phenoxy) is 1. The molecule has 6 heteroatoms. The number of aliphatic hydroxyl groups is 1. The highest BCUT2D eigenvalue weighted by Crippen LogP contribution is 2.40. The van der Waals surface area contributed by atoms with E-state index in [0.717, 1.165) is 12.8 Å². The molecule has 0 saturated carbocycles. The molecule has 0 radical (unpaired) electrons. The summed E-state index contributed by atoms with van der Waals surface area (Å²) in [5.74, 6) is 0. The standard InChI is InChI=1S/C20H44O4Si2/c1-18(2,3)25(8,9)22-14-16-12-13-20(7,24-16)17(21)15-23-26(10,11)19(4,5)6/h16-17,21H,12-15H2,1-11H3/t16-,17-,20-/m1/s1. The molecule has 1 aliphatic rings. The van der Waals surface area contributed by atoms with Gasteiger partial charge in [0, 0.05) is 0 Å². The van der Waals surface area contributed by atoms with Crippen LogP contribution in [0.2, 0.25) is 36.3 Å². The predicted octanol–water partition coefficient (Wildman–Crippen LogP) is 5.33. The van der Waals surface area contributed by atoms with Crippen LogP contribution in [-0.2, 0) is 13.6 Å². The largest absolute Gasteiger partial charge is 0.414 e. The van der Waals surface area contributed by atoms with Gasteiger partial charge in [0.2, 0.25) is 0 Å². The average molecular weight is 405 g/mol. The molecule has 156 valence electrons. The Morgan fingerprint density at radius 1 is 1.00 bits per heavy atom. The fraction of sp³-hybridized carbons (Fsp3) is 1.00. The van der Waals surface area contributed by atoms with E-state index < -0.39 is 28.3 Å². The zero-order valence-corrected chi connectivity index (χ0v) is 21.2. The van der Waals surface area contributed by atoms with Crippen LogP contribution in [0.5, 0.6) is 0 Å². The highest BCUT2D eigenvalue weighted by Gasteiger charge is 2.45. The van der Waals surface area contributed by atoms with E-state index in [0.29, 0.717) is 13.2 Å². The predicted molar refractivity (Wildman–Crippen MR) is 115 cm³/mol. The summed E-state index contributed by atoms with van der Waals surface area (Å²) in [6.45, 7) is 25.4. The number of aliphatic hydroxyl groups excluding tert-OH is 1. The lowest BCUT2D eigenvalue weighted by Gasteiger charge is -2.39. The number of rotatable bonds is 7. The molecule has 1 fully saturated rings. The molecular formula is C20H44O4Si2. The fourth-order valence-corrected chi connectivity index (χ4v) is 4.55. The Labute approximate surface area is 164 Å². The second-order valence-corrected chi connectivity index (χ2v) is 20.9. The first-order chi connectivity index (χ1) is 11.4. The van der Waals surface area contributed by atoms with Crippen LogP contribution >= 0.6 is 0 Å². The summed E-state index contributed by atoms with van der Waals surface area (Å²) in [5, 5.41) is 11.1. The van der Waals surface area contributed by atoms with Gasteiger partial charge in [-0.3, -0.25) is 0 Å². The van der Waals surface area contributed by atoms with Crippen LogP contribution in [0.1, 0.15) is 61.3 Å². The van der Waals surface area contributed by atoms with Crippen LogP contribution in [0.4, 0.5) is 0 Å². The quantitative estimate of drug-likeness (QED) is 0.583. The van der Waals surface area contributed by atoms with Gasteiger partial charge >= 0.3 is 0 Å². The van der Waals surface area contributed by atoms with E-state index in [-0.39, 0.29) is 16.2 Å². The van der Waals surface area contributed by atoms with Crippen molar-refractivity contribution >= 4 is 16.6 Å². The summed E-state index contributed by atoms with van der Waals surface area (Å²) in [6, 6.07) is 0. The van der Waals surface area contributed by atoms with Gasteiger partial charge in [0.15, 0.2) is 16.6 Å². The first-order valence-corrected chi connectivity index (χ1v) is 15.9. The van der Waals surface area contributed by atoms with Gasteiger partial charge in [0.25, 0.3) is 0 Å². The van der Waals surface area contributed by atoms with E-state index in [4.69, 9.17) is 13.6 Å². The van der Waals surface area contributed by atoms with Crippen molar-refractivity contribution in [2.24, 2.45) is 0 Å². The molecule has 0 aromatic heterocycles. The summed E-state index contributed by atoms with van der Waals surface area (Å²) in [7, 11) is -3.63. The van der Waals surface area contributed by atoms with Crippen molar-refractivity contribution in [1.29, 1.82) is 0 Å². The molecule has 0 aliphatic carbocycles. The van der Waals surface area contributed by atoms with E-state index in [2.05, 4.69) is 67.7 Å². The lowest BCUT2D eigenvalue weighted by atomic mass is 9.96. The zero-order chi connectivity index (χ0) is 20.6. The third-order valence-electron chi connectivity index (χ3n) is 6.95. The molecule has 4 nitrogen and oxygen atoms in total. The topological polar surface area (TPSA) is 47.9 Å². The molecule has 1 heterocycles. The Morgan fingerprint density at radius 3 is 1.92 bits per heavy atom. The van der Waals surface area contributed by atoms with Gasteiger partial charge in [-0.2, -0.15) is 0 Å². The molecule has 0 aromatic carbocycles. The molecule has 0 bridgehead atoms. The molecule has 0 unspecified atom stereocenters. The molecule has 1 rings (SSSR count). The van der Waals surface area contributed by atoms with E-state index >= 15 is 0 Å². The highest BCUT2D eigenvalue weighted by atomic mass is 28.4. The van der Waals surface area contributed by atoms with Crippen LogP contribution in [-0.4, -0.2) is 52.8 Å². The Morgan fingerprint density at radius 2 is 1.46 bits per heavy atom. The molecule has 3 atom stereocenters. The minimum atomic E-state index is -1.86. The second kappa shape index (κ2) is 7.95. The van der Waals surface area contributed by atoms with Crippen molar-refractivity contribution in [3.63, 3.8) is 0 Å². The Kier molecular flexibility index (Phi) is 7.44. The van der Waals surface area contributed by atoms with Crippen LogP contribution < -0.4 is 0 Å². The van der Waals surface area contributed by atoms with Gasteiger partial charge in [0.1, 0.15) is 6.10 Å². The smallest absolute Gasteiger partial charge is 0.192 e. The Bertz CT molecular complexity index is 465. The summed E-state index contributed by atoms with van der Waals surface area (Å²) < 4.78 is 18.8. The maximum atomic E-state index is 10.8. The normalized spacial score (nSPS) is 27.0. The monoisotopic (exact) mass is 404 g/mol. The van der Waals surface area contributed by atoms with Crippen LogP contribution in [0.15, 0.2) is 0 Å². The molecule has 1 saturated heterocycles. The van der Waals surface area contributed by atoms with E-state index in [1.54, 1.807) is 0 Å². The summed E-state index contributed by atoms with van der Waals surface area (Å²) >= 11 is 0. The molecular weight excluding hydrogens is 360 g/mol. The van der Waals surface area contributed by atoms with Crippen molar-refractivity contribution in [1.82, 2.24) is 0 Å². The average Bonchev–Trinajstić information content (AvgIpc) is 2.83. The van der Waals surface area contributed by atoms with E-state index in [9.17, 15) is 5.11 Å². The Hall–Kier alpha value is 0.274. The van der Waals surface area contributed by atoms with Gasteiger partial charge in [-0.15, -0.1) is 0 Å². The minimum Gasteiger partial charge on any atom is -0.414 e. The first kappa shape index (κ1) is 24.3. The van der Waals surface area contributed by atoms with Crippen LogP contribution in [0.3, 0.4) is 0 Å². The van der Waals surface area contributed by atoms with Crippen molar-refractivity contribution in [3.05, 3.63) is 0 Å². The molecule has 1 aliphatic heterocycles. The van der Waals surface area contributed by atoms with Crippen LogP contribution in [0, 0.1) is 0 Å². The highest BCUT2D eigenvalue weighted by molar-refractivity contribution is 6.74. The molecule has 0 aromatic rings. The third kappa shape index (κ3) is 5.88. The van der Waals surface area contributed by atoms with Crippen molar-refractivity contribution in [3.8, 4) is 0 Å². The number of hydrogen-bond acceptors (Lipinski definition) is 4. The van der Waals surface area contributed by atoms with Crippen molar-refractivity contribution in [2.75, 3.05) is 13.2 Å². The minimum absolute atomic E-state index is 0.0663. The van der Waals surface area contributed by atoms with Crippen molar-refractivity contribution in [2.45, 2.75) is 115 Å². The van der Waals surface area contributed by atoms with Gasteiger partial charge in [0.05, 0.1) is 24.9 Å². The maximum Gasteiger partial charge on any atom is 0.192 e. The molecule has 26 heavy (non-hydrogen) atoms. The summed E-state index contributed by atoms with van der Waals surface area (Å²) in [6.07, 6.45) is 1.24. The van der Waals surface area contributed by atoms with Gasteiger partial charge in [-0.1, -0.05) is 41.5 Å². The van der Waals surface area contributed by atoms with Gasteiger partial charge in [-0.25, -0.2) is 0 Å². The molecule has 0 spiro atoms. The number of hydrogen-bond donors (Lipinski definition) is 1. The van der Waals surface area contributed by atoms with Gasteiger partial charge < -0.3 is 18.7 Å². The fourth-order valence-electron chi connectivity index (χ4n) is 2.51. The zero-order valence-electron chi connectivity index (χ0n) is 19.2. The van der Waals surface area contributed by atoms with E-state index in [1.165, 1.54) is 0 Å². The lowest BCUT2D eigenvalue weighted by Crippen LogP contribution is -2.48. The van der Waals surface area contributed by atoms with Crippen molar-refractivity contribution < 1.29 is 18.7 Å². The third-order valence-corrected chi connectivity index (χ3v) is 15.9. The van der Waals surface area contributed by atoms with Gasteiger partial charge in [-0.05, 0) is 56.0 Å². The maximum absolute atomic E-state index is 10.8. The van der Waals surface area contributed by atoms with E-state index in [1.807, 2.05) is 6.92 Å². The van der Waals surface area contributed by atoms with Crippen LogP contribution in [0.25, 0.3) is 0 Å². The lowest BCUT2D eigenvalue weighted by molar-refractivity contribution is -0.123.